The highest BCUT2D eigenvalue weighted by molar-refractivity contribution is 6.30. The molecular formula is C14H21ClFN. The van der Waals surface area contributed by atoms with Crippen molar-refractivity contribution in [3.8, 4) is 0 Å². The lowest BCUT2D eigenvalue weighted by Crippen LogP contribution is -2.24. The first kappa shape index (κ1) is 14.5. The van der Waals surface area contributed by atoms with Crippen LogP contribution in [-0.4, -0.2) is 13.1 Å². The summed E-state index contributed by atoms with van der Waals surface area (Å²) in [6, 6.07) is 5.58. The Kier molecular flexibility index (Phi) is 6.53. The van der Waals surface area contributed by atoms with Crippen LogP contribution in [0, 0.1) is 5.82 Å². The van der Waals surface area contributed by atoms with Gasteiger partial charge >= 0.3 is 0 Å². The summed E-state index contributed by atoms with van der Waals surface area (Å²) in [6.07, 6.45) is 5.63. The first-order valence-corrected chi connectivity index (χ1v) is 6.66. The van der Waals surface area contributed by atoms with Crippen molar-refractivity contribution in [3.05, 3.63) is 34.6 Å². The van der Waals surface area contributed by atoms with Crippen molar-refractivity contribution >= 4 is 11.6 Å². The summed E-state index contributed by atoms with van der Waals surface area (Å²) in [7, 11) is 2.01. The highest BCUT2D eigenvalue weighted by Gasteiger charge is 2.05. The zero-order valence-corrected chi connectivity index (χ0v) is 11.4. The molecule has 3 heteroatoms. The van der Waals surface area contributed by atoms with E-state index in [1.165, 1.54) is 18.9 Å². The first-order valence-electron chi connectivity index (χ1n) is 6.28. The van der Waals surface area contributed by atoms with Crippen molar-refractivity contribution in [2.45, 2.75) is 45.1 Å². The predicted octanol–water partition coefficient (Wildman–Crippen LogP) is 4.19. The van der Waals surface area contributed by atoms with E-state index in [0.29, 0.717) is 6.04 Å². The fraction of sp³-hybridized carbons (Fsp3) is 0.571. The Morgan fingerprint density at radius 1 is 1.35 bits per heavy atom. The lowest BCUT2D eigenvalue weighted by atomic mass is 10.0. The molecule has 1 N–H and O–H groups in total. The molecule has 0 fully saturated rings. The zero-order chi connectivity index (χ0) is 12.7. The second kappa shape index (κ2) is 7.67. The molecule has 1 aromatic rings. The smallest absolute Gasteiger partial charge is 0.141 e. The molecule has 1 atom stereocenters. The topological polar surface area (TPSA) is 12.0 Å². The van der Waals surface area contributed by atoms with Crippen LogP contribution in [0.4, 0.5) is 4.39 Å². The summed E-state index contributed by atoms with van der Waals surface area (Å²) >= 11 is 5.74. The maximum Gasteiger partial charge on any atom is 0.141 e. The van der Waals surface area contributed by atoms with Gasteiger partial charge in [0.2, 0.25) is 0 Å². The molecular weight excluding hydrogens is 237 g/mol. The van der Waals surface area contributed by atoms with Gasteiger partial charge in [-0.1, -0.05) is 31.0 Å². The third-order valence-electron chi connectivity index (χ3n) is 3.05. The summed E-state index contributed by atoms with van der Waals surface area (Å²) in [5.74, 6) is -0.338. The molecule has 0 heterocycles. The van der Waals surface area contributed by atoms with Crippen molar-refractivity contribution in [2.75, 3.05) is 7.05 Å². The second-order valence-electron chi connectivity index (χ2n) is 4.41. The lowest BCUT2D eigenvalue weighted by Gasteiger charge is -2.14. The van der Waals surface area contributed by atoms with Crippen LogP contribution in [0.2, 0.25) is 5.02 Å². The van der Waals surface area contributed by atoms with Crippen LogP contribution in [0.1, 0.15) is 38.2 Å². The Labute approximate surface area is 108 Å². The highest BCUT2D eigenvalue weighted by atomic mass is 35.5. The molecule has 0 saturated heterocycles. The summed E-state index contributed by atoms with van der Waals surface area (Å²) in [5.41, 5.74) is 1.11. The molecule has 0 bridgehead atoms. The van der Waals surface area contributed by atoms with Gasteiger partial charge in [0.05, 0.1) is 5.02 Å². The molecule has 1 nitrogen and oxygen atoms in total. The Morgan fingerprint density at radius 2 is 2.12 bits per heavy atom. The molecule has 0 aromatic heterocycles. The van der Waals surface area contributed by atoms with E-state index in [2.05, 4.69) is 12.2 Å². The molecule has 0 radical (unpaired) electrons. The van der Waals surface area contributed by atoms with Gasteiger partial charge in [0.1, 0.15) is 5.82 Å². The average molecular weight is 258 g/mol. The van der Waals surface area contributed by atoms with Gasteiger partial charge in [-0.3, -0.25) is 0 Å². The van der Waals surface area contributed by atoms with Gasteiger partial charge in [0.15, 0.2) is 0 Å². The maximum absolute atomic E-state index is 13.0. The van der Waals surface area contributed by atoms with Gasteiger partial charge in [-0.15, -0.1) is 0 Å². The van der Waals surface area contributed by atoms with Gasteiger partial charge in [0, 0.05) is 6.04 Å². The van der Waals surface area contributed by atoms with Gasteiger partial charge in [-0.25, -0.2) is 4.39 Å². The molecule has 17 heavy (non-hydrogen) atoms. The van der Waals surface area contributed by atoms with Crippen molar-refractivity contribution < 1.29 is 4.39 Å². The number of rotatable bonds is 7. The molecule has 1 aromatic carbocycles. The van der Waals surface area contributed by atoms with Crippen LogP contribution in [0.15, 0.2) is 18.2 Å². The first-order chi connectivity index (χ1) is 8.17. The van der Waals surface area contributed by atoms with Gasteiger partial charge < -0.3 is 5.32 Å². The van der Waals surface area contributed by atoms with E-state index in [-0.39, 0.29) is 10.8 Å². The summed E-state index contributed by atoms with van der Waals surface area (Å²) in [5, 5.41) is 3.55. The standard InChI is InChI=1S/C14H21ClFN/c1-3-5-12(17-2)7-4-6-11-8-9-14(16)13(15)10-11/h8-10,12,17H,3-7H2,1-2H3. The van der Waals surface area contributed by atoms with E-state index < -0.39 is 0 Å². The molecule has 0 spiro atoms. The predicted molar refractivity (Wildman–Crippen MR) is 72.1 cm³/mol. The van der Waals surface area contributed by atoms with Gasteiger partial charge in [-0.2, -0.15) is 0 Å². The third kappa shape index (κ3) is 5.05. The van der Waals surface area contributed by atoms with Gasteiger partial charge in [0.25, 0.3) is 0 Å². The van der Waals surface area contributed by atoms with Crippen LogP contribution >= 0.6 is 11.6 Å². The number of halogens is 2. The maximum atomic E-state index is 13.0. The molecule has 0 aliphatic rings. The van der Waals surface area contributed by atoms with Crippen LogP contribution in [0.25, 0.3) is 0 Å². The van der Waals surface area contributed by atoms with Crippen molar-refractivity contribution in [2.24, 2.45) is 0 Å². The van der Waals surface area contributed by atoms with E-state index in [0.717, 1.165) is 24.8 Å². The van der Waals surface area contributed by atoms with E-state index in [4.69, 9.17) is 11.6 Å². The Morgan fingerprint density at radius 3 is 2.71 bits per heavy atom. The molecule has 0 aliphatic heterocycles. The molecule has 0 amide bonds. The quantitative estimate of drug-likeness (QED) is 0.772. The molecule has 96 valence electrons. The van der Waals surface area contributed by atoms with Crippen LogP contribution in [0.3, 0.4) is 0 Å². The Hall–Kier alpha value is -0.600. The highest BCUT2D eigenvalue weighted by Crippen LogP contribution is 2.18. The van der Waals surface area contributed by atoms with E-state index >= 15 is 0 Å². The fourth-order valence-corrected chi connectivity index (χ4v) is 2.23. The summed E-state index contributed by atoms with van der Waals surface area (Å²) in [6.45, 7) is 2.20. The molecule has 1 unspecified atom stereocenters. The number of nitrogens with one attached hydrogen (secondary N) is 1. The minimum absolute atomic E-state index is 0.223. The van der Waals surface area contributed by atoms with E-state index in [1.807, 2.05) is 13.1 Å². The normalized spacial score (nSPS) is 12.7. The fourth-order valence-electron chi connectivity index (χ4n) is 2.03. The van der Waals surface area contributed by atoms with Crippen molar-refractivity contribution in [1.82, 2.24) is 5.32 Å². The van der Waals surface area contributed by atoms with Crippen molar-refractivity contribution in [1.29, 1.82) is 0 Å². The lowest BCUT2D eigenvalue weighted by molar-refractivity contribution is 0.469. The molecule has 0 aliphatic carbocycles. The Balaban J connectivity index is 2.37. The number of hydrogen-bond donors (Lipinski definition) is 1. The molecule has 0 saturated carbocycles. The molecule has 1 rings (SSSR count). The number of benzene rings is 1. The summed E-state index contributed by atoms with van der Waals surface area (Å²) in [4.78, 5) is 0. The van der Waals surface area contributed by atoms with E-state index in [1.54, 1.807) is 6.07 Å². The van der Waals surface area contributed by atoms with Gasteiger partial charge in [-0.05, 0) is 50.4 Å². The van der Waals surface area contributed by atoms with Crippen molar-refractivity contribution in [3.63, 3.8) is 0 Å². The van der Waals surface area contributed by atoms with E-state index in [9.17, 15) is 4.39 Å². The minimum Gasteiger partial charge on any atom is -0.317 e. The van der Waals surface area contributed by atoms with Crippen LogP contribution in [-0.2, 0) is 6.42 Å². The average Bonchev–Trinajstić information content (AvgIpc) is 2.32. The van der Waals surface area contributed by atoms with Crippen LogP contribution in [0.5, 0.6) is 0 Å². The largest absolute Gasteiger partial charge is 0.317 e. The summed E-state index contributed by atoms with van der Waals surface area (Å²) < 4.78 is 13.0. The number of hydrogen-bond acceptors (Lipinski definition) is 1. The Bertz CT molecular complexity index is 341. The zero-order valence-electron chi connectivity index (χ0n) is 10.6. The SMILES string of the molecule is CCCC(CCCc1ccc(F)c(Cl)c1)NC. The number of aryl methyl sites for hydroxylation is 1. The second-order valence-corrected chi connectivity index (χ2v) is 4.82. The minimum atomic E-state index is -0.338. The third-order valence-corrected chi connectivity index (χ3v) is 3.34. The van der Waals surface area contributed by atoms with Crippen LogP contribution < -0.4 is 5.32 Å². The monoisotopic (exact) mass is 257 g/mol.